The molecule has 1 N–H and O–H groups in total. The number of rotatable bonds is 7. The Labute approximate surface area is 130 Å². The first-order valence-electron chi connectivity index (χ1n) is 8.98. The molecular formula is C18H33N3. The molecule has 0 radical (unpaired) electrons. The van der Waals surface area contributed by atoms with Crippen molar-refractivity contribution in [2.75, 3.05) is 13.1 Å². The van der Waals surface area contributed by atoms with Crippen LogP contribution in [0.3, 0.4) is 0 Å². The first-order chi connectivity index (χ1) is 10.2. The molecule has 2 rings (SSSR count). The molecule has 0 aliphatic heterocycles. The Balaban J connectivity index is 2.01. The van der Waals surface area contributed by atoms with Crippen molar-refractivity contribution >= 4 is 0 Å². The summed E-state index contributed by atoms with van der Waals surface area (Å²) in [4.78, 5) is 0. The number of aromatic nitrogens is 2. The van der Waals surface area contributed by atoms with E-state index in [0.717, 1.165) is 24.9 Å². The lowest BCUT2D eigenvalue weighted by atomic mass is 9.84. The van der Waals surface area contributed by atoms with Gasteiger partial charge >= 0.3 is 0 Å². The fraction of sp³-hybridized carbons (Fsp3) is 0.833. The molecule has 0 bridgehead atoms. The normalized spacial score (nSPS) is 23.2. The average Bonchev–Trinajstić information content (AvgIpc) is 2.68. The highest BCUT2D eigenvalue weighted by molar-refractivity contribution is 5.10. The van der Waals surface area contributed by atoms with E-state index in [1.165, 1.54) is 62.9 Å². The van der Waals surface area contributed by atoms with E-state index >= 15 is 0 Å². The van der Waals surface area contributed by atoms with Crippen LogP contribution in [0.15, 0.2) is 6.07 Å². The number of hydrogen-bond acceptors (Lipinski definition) is 2. The van der Waals surface area contributed by atoms with Gasteiger partial charge in [0, 0.05) is 12.2 Å². The number of nitrogens with one attached hydrogen (secondary N) is 1. The average molecular weight is 291 g/mol. The van der Waals surface area contributed by atoms with Gasteiger partial charge in [0.05, 0.1) is 5.69 Å². The highest BCUT2D eigenvalue weighted by Crippen LogP contribution is 2.31. The Morgan fingerprint density at radius 2 is 1.95 bits per heavy atom. The van der Waals surface area contributed by atoms with Crippen molar-refractivity contribution in [2.24, 2.45) is 11.8 Å². The summed E-state index contributed by atoms with van der Waals surface area (Å²) in [5.74, 6) is 1.68. The Bertz CT molecular complexity index is 411. The lowest BCUT2D eigenvalue weighted by Gasteiger charge is -2.25. The minimum Gasteiger partial charge on any atom is -0.316 e. The van der Waals surface area contributed by atoms with Gasteiger partial charge in [-0.25, -0.2) is 0 Å². The quantitative estimate of drug-likeness (QED) is 0.609. The molecule has 1 saturated carbocycles. The summed E-state index contributed by atoms with van der Waals surface area (Å²) in [6.07, 6.45) is 9.50. The third-order valence-electron chi connectivity index (χ3n) is 4.91. The van der Waals surface area contributed by atoms with Crippen LogP contribution in [-0.4, -0.2) is 22.9 Å². The van der Waals surface area contributed by atoms with Gasteiger partial charge in [0.1, 0.15) is 0 Å². The molecule has 1 aliphatic carbocycles. The molecule has 0 saturated heterocycles. The number of hydrogen-bond donors (Lipinski definition) is 1. The molecule has 2 atom stereocenters. The minimum atomic E-state index is 0.832. The van der Waals surface area contributed by atoms with Gasteiger partial charge in [-0.2, -0.15) is 5.10 Å². The Hall–Kier alpha value is -0.830. The molecule has 0 amide bonds. The van der Waals surface area contributed by atoms with Gasteiger partial charge in [-0.3, -0.25) is 4.68 Å². The molecule has 120 valence electrons. The molecule has 2 unspecified atom stereocenters. The van der Waals surface area contributed by atoms with Gasteiger partial charge in [-0.1, -0.05) is 26.2 Å². The molecule has 1 aromatic heterocycles. The summed E-state index contributed by atoms with van der Waals surface area (Å²) in [6.45, 7) is 9.92. The molecule has 1 fully saturated rings. The SMILES string of the molecule is CCCNCC1CCCCCC1Cc1cc(C)nn1CC. The van der Waals surface area contributed by atoms with Crippen molar-refractivity contribution in [3.63, 3.8) is 0 Å². The van der Waals surface area contributed by atoms with E-state index in [4.69, 9.17) is 0 Å². The van der Waals surface area contributed by atoms with Crippen LogP contribution in [-0.2, 0) is 13.0 Å². The van der Waals surface area contributed by atoms with Crippen LogP contribution in [0.5, 0.6) is 0 Å². The lowest BCUT2D eigenvalue weighted by molar-refractivity contribution is 0.293. The van der Waals surface area contributed by atoms with Crippen molar-refractivity contribution in [1.82, 2.24) is 15.1 Å². The Morgan fingerprint density at radius 1 is 1.19 bits per heavy atom. The third-order valence-corrected chi connectivity index (χ3v) is 4.91. The van der Waals surface area contributed by atoms with Gasteiger partial charge in [-0.15, -0.1) is 0 Å². The van der Waals surface area contributed by atoms with Gasteiger partial charge in [0.25, 0.3) is 0 Å². The molecule has 1 aromatic rings. The van der Waals surface area contributed by atoms with Crippen LogP contribution >= 0.6 is 0 Å². The zero-order valence-corrected chi connectivity index (χ0v) is 14.2. The van der Waals surface area contributed by atoms with Gasteiger partial charge < -0.3 is 5.32 Å². The van der Waals surface area contributed by atoms with Crippen LogP contribution in [0.1, 0.15) is 63.8 Å². The van der Waals surface area contributed by atoms with E-state index < -0.39 is 0 Å². The van der Waals surface area contributed by atoms with Crippen LogP contribution < -0.4 is 5.32 Å². The first-order valence-corrected chi connectivity index (χ1v) is 8.98. The van der Waals surface area contributed by atoms with E-state index in [1.807, 2.05) is 0 Å². The predicted molar refractivity (Wildman–Crippen MR) is 89.6 cm³/mol. The zero-order chi connectivity index (χ0) is 15.1. The van der Waals surface area contributed by atoms with Gasteiger partial charge in [0.2, 0.25) is 0 Å². The maximum Gasteiger partial charge on any atom is 0.0596 e. The second kappa shape index (κ2) is 8.57. The molecule has 3 heteroatoms. The smallest absolute Gasteiger partial charge is 0.0596 e. The van der Waals surface area contributed by atoms with Gasteiger partial charge in [-0.05, 0) is 70.5 Å². The van der Waals surface area contributed by atoms with Gasteiger partial charge in [0.15, 0.2) is 0 Å². The fourth-order valence-electron chi connectivity index (χ4n) is 3.77. The fourth-order valence-corrected chi connectivity index (χ4v) is 3.77. The second-order valence-corrected chi connectivity index (χ2v) is 6.66. The van der Waals surface area contributed by atoms with Crippen LogP contribution in [0.4, 0.5) is 0 Å². The van der Waals surface area contributed by atoms with Crippen molar-refractivity contribution < 1.29 is 0 Å². The van der Waals surface area contributed by atoms with E-state index in [2.05, 4.69) is 41.9 Å². The van der Waals surface area contributed by atoms with E-state index in [0.29, 0.717) is 0 Å². The standard InChI is InChI=1S/C18H33N3/c1-4-11-19-14-17-10-8-6-7-9-16(17)13-18-12-15(3)20-21(18)5-2/h12,16-17,19H,4-11,13-14H2,1-3H3. The summed E-state index contributed by atoms with van der Waals surface area (Å²) >= 11 is 0. The van der Waals surface area contributed by atoms with Crippen molar-refractivity contribution in [1.29, 1.82) is 0 Å². The molecule has 1 heterocycles. The first kappa shape index (κ1) is 16.5. The van der Waals surface area contributed by atoms with Crippen molar-refractivity contribution in [3.8, 4) is 0 Å². The number of aryl methyl sites for hydroxylation is 2. The monoisotopic (exact) mass is 291 g/mol. The zero-order valence-electron chi connectivity index (χ0n) is 14.2. The summed E-state index contributed by atoms with van der Waals surface area (Å²) in [6, 6.07) is 2.30. The van der Waals surface area contributed by atoms with E-state index in [9.17, 15) is 0 Å². The van der Waals surface area contributed by atoms with E-state index in [-0.39, 0.29) is 0 Å². The Kier molecular flexibility index (Phi) is 6.75. The van der Waals surface area contributed by atoms with E-state index in [1.54, 1.807) is 0 Å². The minimum absolute atomic E-state index is 0.832. The topological polar surface area (TPSA) is 29.9 Å². The molecule has 1 aliphatic rings. The third kappa shape index (κ3) is 4.84. The summed E-state index contributed by atoms with van der Waals surface area (Å²) in [7, 11) is 0. The summed E-state index contributed by atoms with van der Waals surface area (Å²) < 4.78 is 2.21. The lowest BCUT2D eigenvalue weighted by Crippen LogP contribution is -2.29. The highest BCUT2D eigenvalue weighted by Gasteiger charge is 2.24. The van der Waals surface area contributed by atoms with Crippen molar-refractivity contribution in [2.45, 2.75) is 72.3 Å². The molecule has 0 spiro atoms. The molecular weight excluding hydrogens is 258 g/mol. The molecule has 21 heavy (non-hydrogen) atoms. The van der Waals surface area contributed by atoms with Crippen molar-refractivity contribution in [3.05, 3.63) is 17.5 Å². The van der Waals surface area contributed by atoms with Crippen LogP contribution in [0.2, 0.25) is 0 Å². The largest absolute Gasteiger partial charge is 0.316 e. The maximum absolute atomic E-state index is 4.62. The predicted octanol–water partition coefficient (Wildman–Crippen LogP) is 3.95. The second-order valence-electron chi connectivity index (χ2n) is 6.66. The molecule has 0 aromatic carbocycles. The number of nitrogens with zero attached hydrogens (tertiary/aromatic N) is 2. The highest BCUT2D eigenvalue weighted by atomic mass is 15.3. The van der Waals surface area contributed by atoms with Crippen LogP contribution in [0.25, 0.3) is 0 Å². The Morgan fingerprint density at radius 3 is 2.67 bits per heavy atom. The van der Waals surface area contributed by atoms with Crippen LogP contribution in [0, 0.1) is 18.8 Å². The molecule has 3 nitrogen and oxygen atoms in total. The summed E-state index contributed by atoms with van der Waals surface area (Å²) in [5, 5.41) is 8.28. The summed E-state index contributed by atoms with van der Waals surface area (Å²) in [5.41, 5.74) is 2.61. The maximum atomic E-state index is 4.62.